The number of aryl methyl sites for hydroxylation is 1. The van der Waals surface area contributed by atoms with Gasteiger partial charge in [-0.15, -0.1) is 0 Å². The van der Waals surface area contributed by atoms with Gasteiger partial charge in [0.05, 0.1) is 5.69 Å². The second kappa shape index (κ2) is 11.9. The molecule has 1 fully saturated rings. The van der Waals surface area contributed by atoms with Crippen molar-refractivity contribution in [1.29, 1.82) is 0 Å². The fraction of sp³-hybridized carbons (Fsp3) is 0.320. The molecule has 1 aromatic carbocycles. The minimum atomic E-state index is -0.945. The lowest BCUT2D eigenvalue weighted by Crippen LogP contribution is -2.39. The van der Waals surface area contributed by atoms with Crippen LogP contribution in [-0.4, -0.2) is 41.3 Å². The number of aromatic nitrogens is 2. The van der Waals surface area contributed by atoms with Gasteiger partial charge >= 0.3 is 0 Å². The Kier molecular flexibility index (Phi) is 8.95. The van der Waals surface area contributed by atoms with Crippen molar-refractivity contribution in [3.63, 3.8) is 0 Å². The quantitative estimate of drug-likeness (QED) is 0.523. The molecule has 0 spiro atoms. The zero-order valence-corrected chi connectivity index (χ0v) is 20.2. The van der Waals surface area contributed by atoms with Gasteiger partial charge in [-0.1, -0.05) is 30.3 Å². The van der Waals surface area contributed by atoms with E-state index in [0.717, 1.165) is 18.4 Å². The number of ether oxygens (including phenoxy) is 2. The van der Waals surface area contributed by atoms with Crippen molar-refractivity contribution in [3.05, 3.63) is 87.0 Å². The molecule has 1 N–H and O–H groups in total. The molecule has 7 nitrogen and oxygen atoms in total. The molecule has 2 heterocycles. The Morgan fingerprint density at radius 2 is 2.09 bits per heavy atom. The molecule has 0 atom stereocenters. The molecule has 186 valence electrons. The number of benzene rings is 1. The predicted molar refractivity (Wildman–Crippen MR) is 130 cm³/mol. The maximum absolute atomic E-state index is 14.0. The van der Waals surface area contributed by atoms with E-state index in [-0.39, 0.29) is 35.0 Å². The molecule has 0 bridgehead atoms. The Morgan fingerprint density at radius 3 is 2.74 bits per heavy atom. The lowest BCUT2D eigenvalue weighted by atomic mass is 10.1. The summed E-state index contributed by atoms with van der Waals surface area (Å²) in [6.07, 6.45) is 4.71. The maximum Gasteiger partial charge on any atom is 0.280 e. The van der Waals surface area contributed by atoms with Crippen LogP contribution < -0.4 is 15.6 Å². The highest BCUT2D eigenvalue weighted by molar-refractivity contribution is 6.31. The molecule has 1 saturated heterocycles. The van der Waals surface area contributed by atoms with Gasteiger partial charge in [-0.25, -0.2) is 13.8 Å². The summed E-state index contributed by atoms with van der Waals surface area (Å²) in [7, 11) is 0. The van der Waals surface area contributed by atoms with Crippen molar-refractivity contribution in [2.45, 2.75) is 32.7 Å². The van der Waals surface area contributed by atoms with E-state index < -0.39 is 17.2 Å². The number of carbonyl (C=O) groups is 1. The van der Waals surface area contributed by atoms with Crippen molar-refractivity contribution in [1.82, 2.24) is 14.9 Å². The first kappa shape index (κ1) is 26.3. The highest BCUT2D eigenvalue weighted by atomic mass is 35.5. The van der Waals surface area contributed by atoms with Crippen LogP contribution >= 0.6 is 11.6 Å². The molecular formula is C25H26ClF2N3O4. The molecule has 0 saturated carbocycles. The number of halogens is 3. The number of rotatable bonds is 8. The standard InChI is InChI=1S/C25H26ClF2N3O4/c1-4-17(20(28)11-16(3)27)13-35-24-22(26)25(33)31(14-29-24)21-12-18(6-5-15(21)2)23(32)30-19-7-9-34-10-8-19/h4-6,11-12,14,19H,3,7-10,13H2,1-2H3,(H,30,32)/b17-4-,20-11+. The van der Waals surface area contributed by atoms with Crippen LogP contribution in [0.3, 0.4) is 0 Å². The summed E-state index contributed by atoms with van der Waals surface area (Å²) >= 11 is 6.21. The summed E-state index contributed by atoms with van der Waals surface area (Å²) in [5.74, 6) is -2.27. The average Bonchev–Trinajstić information content (AvgIpc) is 2.83. The third-order valence-electron chi connectivity index (χ3n) is 5.48. The Morgan fingerprint density at radius 1 is 1.37 bits per heavy atom. The number of hydrogen-bond acceptors (Lipinski definition) is 5. The minimum absolute atomic E-state index is 0.0287. The number of amides is 1. The first-order valence-electron chi connectivity index (χ1n) is 11.0. The van der Waals surface area contributed by atoms with Crippen molar-refractivity contribution >= 4 is 17.5 Å². The van der Waals surface area contributed by atoms with Gasteiger partial charge in [-0.05, 0) is 44.4 Å². The zero-order valence-electron chi connectivity index (χ0n) is 19.4. The van der Waals surface area contributed by atoms with Gasteiger partial charge in [-0.3, -0.25) is 14.2 Å². The molecule has 3 rings (SSSR count). The molecule has 0 aliphatic carbocycles. The normalized spacial score (nSPS) is 15.1. The van der Waals surface area contributed by atoms with Crippen LogP contribution in [0.1, 0.15) is 35.7 Å². The third kappa shape index (κ3) is 6.64. The van der Waals surface area contributed by atoms with Crippen molar-refractivity contribution < 1.29 is 23.0 Å². The minimum Gasteiger partial charge on any atom is -0.471 e. The van der Waals surface area contributed by atoms with Crippen LogP contribution in [0.4, 0.5) is 8.78 Å². The fourth-order valence-electron chi connectivity index (χ4n) is 3.48. The summed E-state index contributed by atoms with van der Waals surface area (Å²) in [4.78, 5) is 29.8. The molecule has 1 amide bonds. The first-order valence-corrected chi connectivity index (χ1v) is 11.4. The topological polar surface area (TPSA) is 82.5 Å². The lowest BCUT2D eigenvalue weighted by Gasteiger charge is -2.23. The second-order valence-electron chi connectivity index (χ2n) is 7.94. The number of nitrogens with zero attached hydrogens (tertiary/aromatic N) is 2. The molecular weight excluding hydrogens is 480 g/mol. The number of hydrogen-bond donors (Lipinski definition) is 1. The lowest BCUT2D eigenvalue weighted by molar-refractivity contribution is 0.0696. The summed E-state index contributed by atoms with van der Waals surface area (Å²) < 4.78 is 38.8. The van der Waals surface area contributed by atoms with Crippen LogP contribution in [0.5, 0.6) is 5.88 Å². The van der Waals surface area contributed by atoms with Crippen LogP contribution in [0.2, 0.25) is 5.02 Å². The van der Waals surface area contributed by atoms with Gasteiger partial charge in [0.15, 0.2) is 5.02 Å². The predicted octanol–water partition coefficient (Wildman–Crippen LogP) is 4.76. The molecule has 0 unspecified atom stereocenters. The van der Waals surface area contributed by atoms with E-state index in [1.54, 1.807) is 32.0 Å². The van der Waals surface area contributed by atoms with Crippen LogP contribution in [0, 0.1) is 6.92 Å². The third-order valence-corrected chi connectivity index (χ3v) is 5.80. The van der Waals surface area contributed by atoms with Crippen LogP contribution in [0.25, 0.3) is 5.69 Å². The van der Waals surface area contributed by atoms with Crippen molar-refractivity contribution in [2.24, 2.45) is 0 Å². The first-order chi connectivity index (χ1) is 16.7. The number of allylic oxidation sites excluding steroid dienone is 3. The van der Waals surface area contributed by atoms with Gasteiger partial charge < -0.3 is 14.8 Å². The molecule has 2 aromatic rings. The van der Waals surface area contributed by atoms with Gasteiger partial charge in [0.1, 0.15) is 24.6 Å². The Bertz CT molecular complexity index is 1230. The number of nitrogens with one attached hydrogen (secondary N) is 1. The van der Waals surface area contributed by atoms with Crippen molar-refractivity contribution in [2.75, 3.05) is 19.8 Å². The largest absolute Gasteiger partial charge is 0.471 e. The summed E-state index contributed by atoms with van der Waals surface area (Å²) in [5.41, 5.74) is 0.938. The summed E-state index contributed by atoms with van der Waals surface area (Å²) in [6, 6.07) is 5.02. The SMILES string of the molecule is C=C(F)/C=C(F)\C(=C/C)COc1ncn(-c2cc(C(=O)NC3CCOCC3)ccc2C)c(=O)c1Cl. The number of carbonyl (C=O) groups excluding carboxylic acids is 1. The van der Waals surface area contributed by atoms with E-state index >= 15 is 0 Å². The van der Waals surface area contributed by atoms with Gasteiger partial charge in [0.2, 0.25) is 5.88 Å². The van der Waals surface area contributed by atoms with Gasteiger partial charge in [0, 0.05) is 36.5 Å². The average molecular weight is 506 g/mol. The monoisotopic (exact) mass is 505 g/mol. The highest BCUT2D eigenvalue weighted by Gasteiger charge is 2.19. The maximum atomic E-state index is 14.0. The molecule has 1 aromatic heterocycles. The van der Waals surface area contributed by atoms with E-state index in [2.05, 4.69) is 16.9 Å². The summed E-state index contributed by atoms with van der Waals surface area (Å²) in [6.45, 7) is 7.19. The Labute approximate surface area is 206 Å². The Hall–Kier alpha value is -3.30. The fourth-order valence-corrected chi connectivity index (χ4v) is 3.67. The smallest absolute Gasteiger partial charge is 0.280 e. The van der Waals surface area contributed by atoms with E-state index in [1.165, 1.54) is 17.0 Å². The van der Waals surface area contributed by atoms with Crippen molar-refractivity contribution in [3.8, 4) is 11.6 Å². The van der Waals surface area contributed by atoms with Gasteiger partial charge in [0.25, 0.3) is 11.5 Å². The van der Waals surface area contributed by atoms with Gasteiger partial charge in [-0.2, -0.15) is 0 Å². The summed E-state index contributed by atoms with van der Waals surface area (Å²) in [5, 5.41) is 2.66. The molecule has 10 heteroatoms. The van der Waals surface area contributed by atoms with E-state index in [9.17, 15) is 18.4 Å². The molecule has 1 aliphatic heterocycles. The van der Waals surface area contributed by atoms with Crippen LogP contribution in [-0.2, 0) is 4.74 Å². The molecule has 0 radical (unpaired) electrons. The van der Waals surface area contributed by atoms with E-state index in [0.29, 0.717) is 30.5 Å². The Balaban J connectivity index is 1.82. The van der Waals surface area contributed by atoms with E-state index in [4.69, 9.17) is 21.1 Å². The highest BCUT2D eigenvalue weighted by Crippen LogP contribution is 2.22. The van der Waals surface area contributed by atoms with Crippen LogP contribution in [0.15, 0.2) is 65.3 Å². The van der Waals surface area contributed by atoms with E-state index in [1.807, 2.05) is 0 Å². The molecule has 1 aliphatic rings. The second-order valence-corrected chi connectivity index (χ2v) is 8.32. The zero-order chi connectivity index (χ0) is 25.5. The molecule has 35 heavy (non-hydrogen) atoms.